The van der Waals surface area contributed by atoms with Crippen molar-refractivity contribution in [2.45, 2.75) is 16.7 Å². The second kappa shape index (κ2) is 9.47. The van der Waals surface area contributed by atoms with E-state index in [1.54, 1.807) is 23.1 Å². The number of carbonyl (C=O) groups excluding carboxylic acids is 1. The molecule has 0 radical (unpaired) electrons. The van der Waals surface area contributed by atoms with Crippen LogP contribution in [0.1, 0.15) is 5.56 Å². The van der Waals surface area contributed by atoms with Gasteiger partial charge < -0.3 is 4.90 Å². The SMILES string of the molecule is Cc1ccc(SCC(=O)N(CCN(C)C)c2nc3ccc(S(C)(=O)=O)cc3s2)cc1. The van der Waals surface area contributed by atoms with Crippen molar-refractivity contribution < 1.29 is 13.2 Å². The monoisotopic (exact) mass is 463 g/mol. The van der Waals surface area contributed by atoms with Gasteiger partial charge in [0.1, 0.15) is 0 Å². The van der Waals surface area contributed by atoms with Crippen LogP contribution in [0.5, 0.6) is 0 Å². The van der Waals surface area contributed by atoms with E-state index in [9.17, 15) is 13.2 Å². The molecule has 0 saturated heterocycles. The number of benzene rings is 2. The lowest BCUT2D eigenvalue weighted by Gasteiger charge is -2.21. The van der Waals surface area contributed by atoms with Gasteiger partial charge in [-0.3, -0.25) is 9.69 Å². The number of amides is 1. The quantitative estimate of drug-likeness (QED) is 0.475. The van der Waals surface area contributed by atoms with Crippen molar-refractivity contribution in [3.63, 3.8) is 0 Å². The fourth-order valence-corrected chi connectivity index (χ4v) is 5.27. The molecule has 0 spiro atoms. The van der Waals surface area contributed by atoms with E-state index in [0.29, 0.717) is 29.5 Å². The molecule has 30 heavy (non-hydrogen) atoms. The molecule has 0 fully saturated rings. The number of fused-ring (bicyclic) bond motifs is 1. The largest absolute Gasteiger partial charge is 0.308 e. The van der Waals surface area contributed by atoms with Gasteiger partial charge >= 0.3 is 0 Å². The zero-order valence-corrected chi connectivity index (χ0v) is 19.9. The van der Waals surface area contributed by atoms with Gasteiger partial charge in [0.05, 0.1) is 20.9 Å². The molecule has 6 nitrogen and oxygen atoms in total. The van der Waals surface area contributed by atoms with E-state index in [1.165, 1.54) is 34.9 Å². The Morgan fingerprint density at radius 3 is 2.43 bits per heavy atom. The number of aromatic nitrogens is 1. The standard InChI is InChI=1S/C21H25N3O3S3/c1-15-5-7-16(8-6-15)28-14-20(25)24(12-11-23(2)3)21-22-18-10-9-17(30(4,26)27)13-19(18)29-21/h5-10,13H,11-12,14H2,1-4H3. The van der Waals surface area contributed by atoms with Crippen LogP contribution in [-0.2, 0) is 14.6 Å². The number of likely N-dealkylation sites (N-methyl/N-ethyl adjacent to an activating group) is 1. The molecule has 0 saturated carbocycles. The van der Waals surface area contributed by atoms with Crippen LogP contribution in [0.25, 0.3) is 10.2 Å². The van der Waals surface area contributed by atoms with Gasteiger partial charge in [-0.15, -0.1) is 11.8 Å². The number of anilines is 1. The topological polar surface area (TPSA) is 70.6 Å². The molecule has 0 atom stereocenters. The summed E-state index contributed by atoms with van der Waals surface area (Å²) in [6.07, 6.45) is 1.19. The lowest BCUT2D eigenvalue weighted by atomic mass is 10.2. The maximum absolute atomic E-state index is 13.1. The minimum Gasteiger partial charge on any atom is -0.308 e. The van der Waals surface area contributed by atoms with Gasteiger partial charge in [-0.05, 0) is 51.4 Å². The molecule has 0 N–H and O–H groups in total. The van der Waals surface area contributed by atoms with Crippen LogP contribution in [0.2, 0.25) is 0 Å². The molecule has 1 heterocycles. The van der Waals surface area contributed by atoms with Crippen LogP contribution in [0.15, 0.2) is 52.3 Å². The van der Waals surface area contributed by atoms with Crippen LogP contribution in [-0.4, -0.2) is 63.4 Å². The normalized spacial score (nSPS) is 11.9. The lowest BCUT2D eigenvalue weighted by molar-refractivity contribution is -0.116. The molecule has 2 aromatic carbocycles. The van der Waals surface area contributed by atoms with E-state index in [2.05, 4.69) is 4.98 Å². The maximum Gasteiger partial charge on any atom is 0.239 e. The van der Waals surface area contributed by atoms with Crippen molar-refractivity contribution in [2.75, 3.05) is 44.1 Å². The molecule has 3 rings (SSSR count). The highest BCUT2D eigenvalue weighted by Gasteiger charge is 2.21. The van der Waals surface area contributed by atoms with Crippen molar-refractivity contribution >= 4 is 54.2 Å². The van der Waals surface area contributed by atoms with Crippen LogP contribution < -0.4 is 4.90 Å². The third kappa shape index (κ3) is 5.81. The summed E-state index contributed by atoms with van der Waals surface area (Å²) in [5, 5.41) is 0.590. The first-order chi connectivity index (χ1) is 14.1. The average Bonchev–Trinajstić information content (AvgIpc) is 3.09. The molecule has 1 aromatic heterocycles. The fourth-order valence-electron chi connectivity index (χ4n) is 2.72. The van der Waals surface area contributed by atoms with E-state index in [1.807, 2.05) is 50.2 Å². The van der Waals surface area contributed by atoms with E-state index < -0.39 is 9.84 Å². The Bertz CT molecular complexity index is 1140. The first-order valence-corrected chi connectivity index (χ1v) is 13.1. The van der Waals surface area contributed by atoms with Gasteiger partial charge in [0.15, 0.2) is 15.0 Å². The Kier molecular flexibility index (Phi) is 7.18. The van der Waals surface area contributed by atoms with Crippen LogP contribution >= 0.6 is 23.1 Å². The van der Waals surface area contributed by atoms with Crippen molar-refractivity contribution in [3.8, 4) is 0 Å². The van der Waals surface area contributed by atoms with E-state index >= 15 is 0 Å². The number of thiazole rings is 1. The summed E-state index contributed by atoms with van der Waals surface area (Å²) in [5.41, 5.74) is 1.87. The number of thioether (sulfide) groups is 1. The second-order valence-corrected chi connectivity index (χ2v) is 11.4. The molecule has 0 aliphatic rings. The van der Waals surface area contributed by atoms with E-state index in [0.717, 1.165) is 9.60 Å². The Labute approximate surface area is 185 Å². The third-order valence-electron chi connectivity index (χ3n) is 4.46. The predicted molar refractivity (Wildman–Crippen MR) is 126 cm³/mol. The molecule has 0 bridgehead atoms. The minimum atomic E-state index is -3.30. The number of carbonyl (C=O) groups is 1. The molecule has 0 aliphatic heterocycles. The van der Waals surface area contributed by atoms with Crippen molar-refractivity contribution in [2.24, 2.45) is 0 Å². The van der Waals surface area contributed by atoms with Crippen LogP contribution in [0.4, 0.5) is 5.13 Å². The third-order valence-corrected chi connectivity index (χ3v) is 7.61. The van der Waals surface area contributed by atoms with Crippen LogP contribution in [0, 0.1) is 6.92 Å². The first kappa shape index (κ1) is 22.7. The van der Waals surface area contributed by atoms with Gasteiger partial charge in [-0.25, -0.2) is 13.4 Å². The van der Waals surface area contributed by atoms with Gasteiger partial charge in [-0.2, -0.15) is 0 Å². The molecule has 160 valence electrons. The summed E-state index contributed by atoms with van der Waals surface area (Å²) in [5.74, 6) is 0.283. The predicted octanol–water partition coefficient (Wildman–Crippen LogP) is 3.70. The number of hydrogen-bond donors (Lipinski definition) is 0. The Balaban J connectivity index is 1.84. The minimum absolute atomic E-state index is 0.0233. The van der Waals surface area contributed by atoms with Gasteiger partial charge in [0.2, 0.25) is 5.91 Å². The zero-order valence-electron chi connectivity index (χ0n) is 17.5. The highest BCUT2D eigenvalue weighted by atomic mass is 32.2. The first-order valence-electron chi connectivity index (χ1n) is 9.39. The lowest BCUT2D eigenvalue weighted by Crippen LogP contribution is -2.37. The summed E-state index contributed by atoms with van der Waals surface area (Å²) in [6.45, 7) is 3.25. The average molecular weight is 464 g/mol. The summed E-state index contributed by atoms with van der Waals surface area (Å²) in [4.78, 5) is 22.7. The Morgan fingerprint density at radius 1 is 1.10 bits per heavy atom. The number of rotatable bonds is 8. The smallest absolute Gasteiger partial charge is 0.239 e. The van der Waals surface area contributed by atoms with E-state index in [4.69, 9.17) is 0 Å². The summed E-state index contributed by atoms with van der Waals surface area (Å²) in [7, 11) is 0.620. The molecule has 3 aromatic rings. The van der Waals surface area contributed by atoms with Crippen molar-refractivity contribution in [3.05, 3.63) is 48.0 Å². The molecule has 0 unspecified atom stereocenters. The highest BCUT2D eigenvalue weighted by Crippen LogP contribution is 2.31. The molecule has 9 heteroatoms. The van der Waals surface area contributed by atoms with Gasteiger partial charge in [-0.1, -0.05) is 29.0 Å². The maximum atomic E-state index is 13.1. The number of sulfone groups is 1. The fraction of sp³-hybridized carbons (Fsp3) is 0.333. The van der Waals surface area contributed by atoms with Crippen molar-refractivity contribution in [1.29, 1.82) is 0 Å². The molecule has 0 aliphatic carbocycles. The van der Waals surface area contributed by atoms with Crippen molar-refractivity contribution in [1.82, 2.24) is 9.88 Å². The van der Waals surface area contributed by atoms with Crippen LogP contribution in [0.3, 0.4) is 0 Å². The Morgan fingerprint density at radius 2 is 1.80 bits per heavy atom. The zero-order chi connectivity index (χ0) is 21.9. The number of aryl methyl sites for hydroxylation is 1. The molecular formula is C21H25N3O3S3. The molecular weight excluding hydrogens is 438 g/mol. The summed E-state index contributed by atoms with van der Waals surface area (Å²) >= 11 is 2.84. The number of nitrogens with zero attached hydrogens (tertiary/aromatic N) is 3. The highest BCUT2D eigenvalue weighted by molar-refractivity contribution is 8.00. The number of hydrogen-bond acceptors (Lipinski definition) is 7. The molecule has 1 amide bonds. The summed E-state index contributed by atoms with van der Waals surface area (Å²) in [6, 6.07) is 13.0. The summed E-state index contributed by atoms with van der Waals surface area (Å²) < 4.78 is 24.5. The second-order valence-electron chi connectivity index (χ2n) is 7.35. The van der Waals surface area contributed by atoms with E-state index in [-0.39, 0.29) is 10.8 Å². The van der Waals surface area contributed by atoms with Gasteiger partial charge in [0, 0.05) is 24.2 Å². The Hall–Kier alpha value is -1.94. The van der Waals surface area contributed by atoms with Gasteiger partial charge in [0.25, 0.3) is 0 Å².